The highest BCUT2D eigenvalue weighted by molar-refractivity contribution is 5.80. The Bertz CT molecular complexity index is 411. The zero-order valence-corrected chi connectivity index (χ0v) is 11.8. The molecule has 3 heteroatoms. The van der Waals surface area contributed by atoms with E-state index in [1.165, 1.54) is 0 Å². The summed E-state index contributed by atoms with van der Waals surface area (Å²) in [6, 6.07) is 7.48. The zero-order chi connectivity index (χ0) is 13.8. The molecule has 1 rings (SSSR count). The van der Waals surface area contributed by atoms with Crippen LogP contribution >= 0.6 is 0 Å². The number of rotatable bonds is 5. The van der Waals surface area contributed by atoms with Gasteiger partial charge in [0.15, 0.2) is 0 Å². The Balaban J connectivity index is 2.51. The average molecular weight is 248 g/mol. The minimum atomic E-state index is 0.0293. The molecule has 1 aromatic rings. The predicted molar refractivity (Wildman–Crippen MR) is 76.2 cm³/mol. The van der Waals surface area contributed by atoms with Gasteiger partial charge in [0, 0.05) is 12.2 Å². The van der Waals surface area contributed by atoms with Crippen LogP contribution in [0.2, 0.25) is 0 Å². The van der Waals surface area contributed by atoms with Crippen molar-refractivity contribution in [1.82, 2.24) is 5.32 Å². The number of nitrogens with one attached hydrogen (secondary N) is 1. The molecular formula is C15H24N2O. The third-order valence-corrected chi connectivity index (χ3v) is 3.71. The van der Waals surface area contributed by atoms with Gasteiger partial charge in [0.2, 0.25) is 5.91 Å². The Morgan fingerprint density at radius 2 is 1.94 bits per heavy atom. The van der Waals surface area contributed by atoms with E-state index in [1.54, 1.807) is 0 Å². The van der Waals surface area contributed by atoms with E-state index in [9.17, 15) is 4.79 Å². The summed E-state index contributed by atoms with van der Waals surface area (Å²) in [7, 11) is 0. The van der Waals surface area contributed by atoms with Crippen molar-refractivity contribution in [1.29, 1.82) is 0 Å². The van der Waals surface area contributed by atoms with Crippen molar-refractivity contribution >= 4 is 11.6 Å². The first-order valence-electron chi connectivity index (χ1n) is 6.43. The lowest BCUT2D eigenvalue weighted by molar-refractivity contribution is -0.121. The first-order valence-corrected chi connectivity index (χ1v) is 6.43. The molecule has 1 aromatic carbocycles. The van der Waals surface area contributed by atoms with Crippen LogP contribution < -0.4 is 11.1 Å². The van der Waals surface area contributed by atoms with Crippen molar-refractivity contribution in [3.05, 3.63) is 29.8 Å². The monoisotopic (exact) mass is 248 g/mol. The summed E-state index contributed by atoms with van der Waals surface area (Å²) in [6.45, 7) is 9.35. The smallest absolute Gasteiger partial charge is 0.224 e. The third kappa shape index (κ3) is 4.06. The first-order chi connectivity index (χ1) is 8.33. The van der Waals surface area contributed by atoms with Crippen molar-refractivity contribution in [2.45, 2.75) is 34.1 Å². The minimum Gasteiger partial charge on any atom is -0.398 e. The van der Waals surface area contributed by atoms with Crippen molar-refractivity contribution in [3.63, 3.8) is 0 Å². The van der Waals surface area contributed by atoms with Crippen molar-refractivity contribution in [3.8, 4) is 0 Å². The number of carbonyl (C=O) groups is 1. The molecule has 0 heterocycles. The molecular weight excluding hydrogens is 224 g/mol. The second kappa shape index (κ2) is 5.89. The number of anilines is 1. The first kappa shape index (κ1) is 14.6. The largest absolute Gasteiger partial charge is 0.398 e. The number of amides is 1. The maximum atomic E-state index is 11.9. The molecule has 18 heavy (non-hydrogen) atoms. The zero-order valence-electron chi connectivity index (χ0n) is 11.8. The van der Waals surface area contributed by atoms with E-state index in [1.807, 2.05) is 24.3 Å². The lowest BCUT2D eigenvalue weighted by atomic mass is 9.81. The van der Waals surface area contributed by atoms with E-state index in [0.29, 0.717) is 24.6 Å². The normalized spacial score (nSPS) is 11.6. The molecule has 0 aromatic heterocycles. The van der Waals surface area contributed by atoms with Crippen LogP contribution in [0.15, 0.2) is 24.3 Å². The molecule has 3 nitrogen and oxygen atoms in total. The summed E-state index contributed by atoms with van der Waals surface area (Å²) in [5, 5.41) is 2.99. The van der Waals surface area contributed by atoms with Crippen molar-refractivity contribution < 1.29 is 4.79 Å². The van der Waals surface area contributed by atoms with Crippen LogP contribution in [0.1, 0.15) is 33.3 Å². The quantitative estimate of drug-likeness (QED) is 0.787. The summed E-state index contributed by atoms with van der Waals surface area (Å²) < 4.78 is 0. The van der Waals surface area contributed by atoms with Gasteiger partial charge >= 0.3 is 0 Å². The Kier molecular flexibility index (Phi) is 4.76. The van der Waals surface area contributed by atoms with E-state index in [2.05, 4.69) is 33.0 Å². The standard InChI is InChI=1S/C15H24N2O/c1-11(2)15(3,4)10-17-14(18)9-12-7-5-6-8-13(12)16/h5-8,11H,9-10,16H2,1-4H3,(H,17,18). The predicted octanol–water partition coefficient (Wildman–Crippen LogP) is 2.61. The molecule has 0 radical (unpaired) electrons. The highest BCUT2D eigenvalue weighted by Crippen LogP contribution is 2.24. The molecule has 0 saturated heterocycles. The molecule has 3 N–H and O–H groups in total. The van der Waals surface area contributed by atoms with Crippen molar-refractivity contribution in [2.75, 3.05) is 12.3 Å². The van der Waals surface area contributed by atoms with E-state index in [0.717, 1.165) is 5.56 Å². The molecule has 0 fully saturated rings. The SMILES string of the molecule is CC(C)C(C)(C)CNC(=O)Cc1ccccc1N. The number of hydrogen-bond donors (Lipinski definition) is 2. The molecule has 0 bridgehead atoms. The molecule has 0 aliphatic heterocycles. The average Bonchev–Trinajstić information content (AvgIpc) is 2.29. The molecule has 0 unspecified atom stereocenters. The highest BCUT2D eigenvalue weighted by Gasteiger charge is 2.22. The lowest BCUT2D eigenvalue weighted by Crippen LogP contribution is -2.37. The lowest BCUT2D eigenvalue weighted by Gasteiger charge is -2.29. The van der Waals surface area contributed by atoms with Gasteiger partial charge in [-0.2, -0.15) is 0 Å². The van der Waals surface area contributed by atoms with Gasteiger partial charge in [-0.3, -0.25) is 4.79 Å². The molecule has 0 atom stereocenters. The van der Waals surface area contributed by atoms with Crippen molar-refractivity contribution in [2.24, 2.45) is 11.3 Å². The van der Waals surface area contributed by atoms with E-state index in [4.69, 9.17) is 5.73 Å². The van der Waals surface area contributed by atoms with Crippen LogP contribution in [0.25, 0.3) is 0 Å². The second-order valence-corrected chi connectivity index (χ2v) is 5.80. The Hall–Kier alpha value is -1.51. The molecule has 0 saturated carbocycles. The Morgan fingerprint density at radius 1 is 1.33 bits per heavy atom. The summed E-state index contributed by atoms with van der Waals surface area (Å²) in [5.41, 5.74) is 7.49. The number of hydrogen-bond acceptors (Lipinski definition) is 2. The topological polar surface area (TPSA) is 55.1 Å². The number of nitrogens with two attached hydrogens (primary N) is 1. The number of nitrogen functional groups attached to an aromatic ring is 1. The van der Waals surface area contributed by atoms with Gasteiger partial charge in [-0.1, -0.05) is 45.9 Å². The number of para-hydroxylation sites is 1. The van der Waals surface area contributed by atoms with E-state index in [-0.39, 0.29) is 11.3 Å². The van der Waals surface area contributed by atoms with E-state index < -0.39 is 0 Å². The van der Waals surface area contributed by atoms with Crippen LogP contribution in [-0.4, -0.2) is 12.5 Å². The van der Waals surface area contributed by atoms with Gasteiger partial charge in [0.05, 0.1) is 6.42 Å². The van der Waals surface area contributed by atoms with Gasteiger partial charge in [0.1, 0.15) is 0 Å². The van der Waals surface area contributed by atoms with Gasteiger partial charge in [-0.15, -0.1) is 0 Å². The van der Waals surface area contributed by atoms with Crippen LogP contribution in [0, 0.1) is 11.3 Å². The van der Waals surface area contributed by atoms with Gasteiger partial charge in [-0.05, 0) is 23.0 Å². The molecule has 0 aliphatic rings. The summed E-state index contributed by atoms with van der Waals surface area (Å²) >= 11 is 0. The van der Waals surface area contributed by atoms with Crippen LogP contribution in [-0.2, 0) is 11.2 Å². The maximum absolute atomic E-state index is 11.9. The fourth-order valence-electron chi connectivity index (χ4n) is 1.46. The maximum Gasteiger partial charge on any atom is 0.224 e. The number of benzene rings is 1. The van der Waals surface area contributed by atoms with Gasteiger partial charge in [0.25, 0.3) is 0 Å². The molecule has 0 aliphatic carbocycles. The van der Waals surface area contributed by atoms with Gasteiger partial charge in [-0.25, -0.2) is 0 Å². The summed E-state index contributed by atoms with van der Waals surface area (Å²) in [5.74, 6) is 0.557. The van der Waals surface area contributed by atoms with Gasteiger partial charge < -0.3 is 11.1 Å². The Labute approximate surface area is 110 Å². The van der Waals surface area contributed by atoms with Crippen LogP contribution in [0.5, 0.6) is 0 Å². The molecule has 1 amide bonds. The summed E-state index contributed by atoms with van der Waals surface area (Å²) in [4.78, 5) is 11.9. The minimum absolute atomic E-state index is 0.0293. The van der Waals surface area contributed by atoms with Crippen LogP contribution in [0.3, 0.4) is 0 Å². The number of carbonyl (C=O) groups excluding carboxylic acids is 1. The second-order valence-electron chi connectivity index (χ2n) is 5.80. The third-order valence-electron chi connectivity index (χ3n) is 3.71. The Morgan fingerprint density at radius 3 is 2.50 bits per heavy atom. The van der Waals surface area contributed by atoms with E-state index >= 15 is 0 Å². The fourth-order valence-corrected chi connectivity index (χ4v) is 1.46. The fraction of sp³-hybridized carbons (Fsp3) is 0.533. The molecule has 0 spiro atoms. The highest BCUT2D eigenvalue weighted by atomic mass is 16.1. The molecule has 100 valence electrons. The summed E-state index contributed by atoms with van der Waals surface area (Å²) in [6.07, 6.45) is 0.348. The van der Waals surface area contributed by atoms with Crippen LogP contribution in [0.4, 0.5) is 5.69 Å².